The van der Waals surface area contributed by atoms with Gasteiger partial charge in [-0.05, 0) is 30.3 Å². The maximum atomic E-state index is 12.8. The van der Waals surface area contributed by atoms with Crippen LogP contribution in [0.2, 0.25) is 5.02 Å². The summed E-state index contributed by atoms with van der Waals surface area (Å²) >= 11 is 5.93. The lowest BCUT2D eigenvalue weighted by atomic mass is 10.2. The van der Waals surface area contributed by atoms with Gasteiger partial charge in [0.25, 0.3) is 5.91 Å². The number of methoxy groups -OCH3 is 1. The monoisotopic (exact) mass is 373 g/mol. The van der Waals surface area contributed by atoms with E-state index in [4.69, 9.17) is 16.3 Å². The first-order chi connectivity index (χ1) is 11.8. The van der Waals surface area contributed by atoms with Crippen LogP contribution in [-0.4, -0.2) is 31.2 Å². The van der Waals surface area contributed by atoms with E-state index in [-0.39, 0.29) is 22.4 Å². The summed E-state index contributed by atoms with van der Waals surface area (Å²) in [6.07, 6.45) is -3.12. The molecule has 25 heavy (non-hydrogen) atoms. The van der Waals surface area contributed by atoms with Crippen LogP contribution in [0.5, 0.6) is 0 Å². The molecule has 1 amide bonds. The second kappa shape index (κ2) is 8.17. The molecule has 9 heteroatoms. The minimum atomic E-state index is -4.49. The van der Waals surface area contributed by atoms with Gasteiger partial charge in [-0.3, -0.25) is 4.79 Å². The Hall–Kier alpha value is -2.32. The largest absolute Gasteiger partial charge is 0.416 e. The highest BCUT2D eigenvalue weighted by Crippen LogP contribution is 2.34. The van der Waals surface area contributed by atoms with Gasteiger partial charge in [0.1, 0.15) is 5.82 Å². The number of anilines is 2. The maximum absolute atomic E-state index is 12.8. The number of carbonyl (C=O) groups excluding carboxylic acids is 1. The number of nitrogens with one attached hydrogen (secondary N) is 2. The summed E-state index contributed by atoms with van der Waals surface area (Å²) < 4.78 is 43.3. The van der Waals surface area contributed by atoms with E-state index in [1.165, 1.54) is 25.4 Å². The van der Waals surface area contributed by atoms with Gasteiger partial charge in [0.2, 0.25) is 0 Å². The molecule has 2 rings (SSSR count). The SMILES string of the molecule is COCCNC(=O)c1ccnc(Nc2cc(C(F)(F)F)ccc2Cl)c1. The van der Waals surface area contributed by atoms with E-state index in [1.54, 1.807) is 0 Å². The van der Waals surface area contributed by atoms with Gasteiger partial charge in [-0.1, -0.05) is 11.6 Å². The highest BCUT2D eigenvalue weighted by molar-refractivity contribution is 6.33. The summed E-state index contributed by atoms with van der Waals surface area (Å²) in [6, 6.07) is 5.82. The molecular weight excluding hydrogens is 359 g/mol. The quantitative estimate of drug-likeness (QED) is 0.754. The van der Waals surface area contributed by atoms with Crippen LogP contribution in [-0.2, 0) is 10.9 Å². The van der Waals surface area contributed by atoms with Gasteiger partial charge in [-0.2, -0.15) is 13.2 Å². The molecule has 1 aromatic carbocycles. The Morgan fingerprint density at radius 3 is 2.72 bits per heavy atom. The Labute approximate surface area is 147 Å². The van der Waals surface area contributed by atoms with E-state index in [9.17, 15) is 18.0 Å². The first kappa shape index (κ1) is 19.0. The van der Waals surface area contributed by atoms with Crippen LogP contribution in [0, 0.1) is 0 Å². The average molecular weight is 374 g/mol. The zero-order valence-corrected chi connectivity index (χ0v) is 13.9. The van der Waals surface area contributed by atoms with Crippen molar-refractivity contribution in [1.29, 1.82) is 0 Å². The molecule has 0 saturated heterocycles. The molecule has 0 saturated carbocycles. The minimum absolute atomic E-state index is 0.0425. The molecule has 0 unspecified atom stereocenters. The molecule has 0 aliphatic heterocycles. The van der Waals surface area contributed by atoms with Crippen LogP contribution in [0.4, 0.5) is 24.7 Å². The van der Waals surface area contributed by atoms with Gasteiger partial charge < -0.3 is 15.4 Å². The number of amides is 1. The smallest absolute Gasteiger partial charge is 0.383 e. The molecule has 2 aromatic rings. The molecule has 5 nitrogen and oxygen atoms in total. The van der Waals surface area contributed by atoms with Crippen LogP contribution in [0.1, 0.15) is 15.9 Å². The van der Waals surface area contributed by atoms with Crippen LogP contribution in [0.25, 0.3) is 0 Å². The number of pyridine rings is 1. The van der Waals surface area contributed by atoms with Crippen LogP contribution >= 0.6 is 11.6 Å². The topological polar surface area (TPSA) is 63.2 Å². The summed E-state index contributed by atoms with van der Waals surface area (Å²) in [5.74, 6) is -0.154. The Kier molecular flexibility index (Phi) is 6.22. The van der Waals surface area contributed by atoms with Crippen molar-refractivity contribution < 1.29 is 22.7 Å². The van der Waals surface area contributed by atoms with E-state index in [2.05, 4.69) is 15.6 Å². The Morgan fingerprint density at radius 1 is 1.28 bits per heavy atom. The number of ether oxygens (including phenoxy) is 1. The van der Waals surface area contributed by atoms with E-state index >= 15 is 0 Å². The highest BCUT2D eigenvalue weighted by Gasteiger charge is 2.31. The van der Waals surface area contributed by atoms with E-state index in [0.717, 1.165) is 18.2 Å². The number of halogens is 4. The van der Waals surface area contributed by atoms with Crippen LogP contribution in [0.15, 0.2) is 36.5 Å². The van der Waals surface area contributed by atoms with Crippen molar-refractivity contribution in [2.45, 2.75) is 6.18 Å². The van der Waals surface area contributed by atoms with Crippen molar-refractivity contribution in [3.63, 3.8) is 0 Å². The number of aromatic nitrogens is 1. The molecule has 0 radical (unpaired) electrons. The number of nitrogens with zero attached hydrogens (tertiary/aromatic N) is 1. The first-order valence-corrected chi connectivity index (χ1v) is 7.56. The molecule has 0 spiro atoms. The summed E-state index contributed by atoms with van der Waals surface area (Å²) in [7, 11) is 1.51. The highest BCUT2D eigenvalue weighted by atomic mass is 35.5. The van der Waals surface area contributed by atoms with Crippen molar-refractivity contribution >= 4 is 29.0 Å². The second-order valence-corrected chi connectivity index (χ2v) is 5.40. The average Bonchev–Trinajstić information content (AvgIpc) is 2.56. The summed E-state index contributed by atoms with van der Waals surface area (Å²) in [5, 5.41) is 5.44. The van der Waals surface area contributed by atoms with E-state index in [0.29, 0.717) is 18.7 Å². The van der Waals surface area contributed by atoms with Crippen molar-refractivity contribution in [2.24, 2.45) is 0 Å². The first-order valence-electron chi connectivity index (χ1n) is 7.18. The lowest BCUT2D eigenvalue weighted by molar-refractivity contribution is -0.137. The maximum Gasteiger partial charge on any atom is 0.416 e. The van der Waals surface area contributed by atoms with Gasteiger partial charge in [-0.25, -0.2) is 4.98 Å². The van der Waals surface area contributed by atoms with Crippen molar-refractivity contribution in [3.05, 3.63) is 52.7 Å². The zero-order chi connectivity index (χ0) is 18.4. The third kappa shape index (κ3) is 5.33. The van der Waals surface area contributed by atoms with Gasteiger partial charge in [0.05, 0.1) is 22.9 Å². The fraction of sp³-hybridized carbons (Fsp3) is 0.250. The van der Waals surface area contributed by atoms with E-state index in [1.807, 2.05) is 0 Å². The zero-order valence-electron chi connectivity index (χ0n) is 13.2. The lowest BCUT2D eigenvalue weighted by Gasteiger charge is -2.12. The van der Waals surface area contributed by atoms with Gasteiger partial charge in [0, 0.05) is 25.4 Å². The molecule has 0 aliphatic rings. The van der Waals surface area contributed by atoms with Crippen LogP contribution in [0.3, 0.4) is 0 Å². The van der Waals surface area contributed by atoms with Gasteiger partial charge in [-0.15, -0.1) is 0 Å². The number of carbonyl (C=O) groups is 1. The molecule has 0 aliphatic carbocycles. The number of benzene rings is 1. The van der Waals surface area contributed by atoms with Crippen molar-refractivity contribution in [1.82, 2.24) is 10.3 Å². The second-order valence-electron chi connectivity index (χ2n) is 5.00. The van der Waals surface area contributed by atoms with Crippen molar-refractivity contribution in [3.8, 4) is 0 Å². The Morgan fingerprint density at radius 2 is 2.04 bits per heavy atom. The molecule has 1 heterocycles. The summed E-state index contributed by atoms with van der Waals surface area (Å²) in [5.41, 5.74) is -0.495. The fourth-order valence-corrected chi connectivity index (χ4v) is 2.11. The Balaban J connectivity index is 2.18. The summed E-state index contributed by atoms with van der Waals surface area (Å²) in [4.78, 5) is 16.0. The van der Waals surface area contributed by atoms with Crippen LogP contribution < -0.4 is 10.6 Å². The molecular formula is C16H15ClF3N3O2. The predicted molar refractivity (Wildman–Crippen MR) is 88.2 cm³/mol. The standard InChI is InChI=1S/C16H15ClF3N3O2/c1-25-7-6-22-15(24)10-4-5-21-14(8-10)23-13-9-11(16(18,19)20)2-3-12(13)17/h2-5,8-9H,6-7H2,1H3,(H,21,23)(H,22,24). The third-order valence-electron chi connectivity index (χ3n) is 3.17. The molecule has 0 atom stereocenters. The predicted octanol–water partition coefficient (Wildman–Crippen LogP) is 3.87. The molecule has 1 aromatic heterocycles. The Bertz CT molecular complexity index is 754. The van der Waals surface area contributed by atoms with Gasteiger partial charge in [0.15, 0.2) is 0 Å². The number of hydrogen-bond donors (Lipinski definition) is 2. The number of hydrogen-bond acceptors (Lipinski definition) is 4. The lowest BCUT2D eigenvalue weighted by Crippen LogP contribution is -2.27. The third-order valence-corrected chi connectivity index (χ3v) is 3.50. The van der Waals surface area contributed by atoms with Gasteiger partial charge >= 0.3 is 6.18 Å². The van der Waals surface area contributed by atoms with E-state index < -0.39 is 11.7 Å². The molecule has 134 valence electrons. The summed E-state index contributed by atoms with van der Waals surface area (Å²) in [6.45, 7) is 0.696. The number of alkyl halides is 3. The fourth-order valence-electron chi connectivity index (χ4n) is 1.94. The van der Waals surface area contributed by atoms with Crippen molar-refractivity contribution in [2.75, 3.05) is 25.6 Å². The molecule has 0 bridgehead atoms. The number of rotatable bonds is 6. The normalized spacial score (nSPS) is 11.2. The molecule has 0 fully saturated rings. The molecule has 2 N–H and O–H groups in total. The minimum Gasteiger partial charge on any atom is -0.383 e.